The minimum atomic E-state index is -0.437. The van der Waals surface area contributed by atoms with Crippen LogP contribution in [0.2, 0.25) is 0 Å². The van der Waals surface area contributed by atoms with Gasteiger partial charge in [-0.3, -0.25) is 14.9 Å². The number of halogens is 1. The highest BCUT2D eigenvalue weighted by molar-refractivity contribution is 9.10. The van der Waals surface area contributed by atoms with Crippen molar-refractivity contribution in [3.8, 4) is 11.4 Å². The lowest BCUT2D eigenvalue weighted by Crippen LogP contribution is -2.23. The second-order valence-corrected chi connectivity index (χ2v) is 9.49. The molecule has 0 saturated carbocycles. The predicted molar refractivity (Wildman–Crippen MR) is 144 cm³/mol. The molecule has 9 nitrogen and oxygen atoms in total. The molecule has 0 spiro atoms. The SMILES string of the molecule is CC[C@@H](C)c1nc2ccc(Br)cc2c(=O)n1N=Cc1cc(C)n(-c2cc([N+](=O)[O-])ccc2OC)c1C. The van der Waals surface area contributed by atoms with Crippen LogP contribution in [0.3, 0.4) is 0 Å². The summed E-state index contributed by atoms with van der Waals surface area (Å²) in [5.74, 6) is 1.11. The molecule has 4 aromatic rings. The molecule has 0 aliphatic carbocycles. The van der Waals surface area contributed by atoms with E-state index >= 15 is 0 Å². The van der Waals surface area contributed by atoms with Crippen molar-refractivity contribution in [2.75, 3.05) is 7.11 Å². The van der Waals surface area contributed by atoms with Crippen molar-refractivity contribution in [1.29, 1.82) is 0 Å². The van der Waals surface area contributed by atoms with Crippen LogP contribution in [0, 0.1) is 24.0 Å². The van der Waals surface area contributed by atoms with Gasteiger partial charge in [-0.25, -0.2) is 4.98 Å². The van der Waals surface area contributed by atoms with Gasteiger partial charge in [-0.2, -0.15) is 9.78 Å². The molecule has 0 aliphatic heterocycles. The normalized spacial score (nSPS) is 12.4. The molecule has 0 fully saturated rings. The smallest absolute Gasteiger partial charge is 0.282 e. The number of aromatic nitrogens is 3. The summed E-state index contributed by atoms with van der Waals surface area (Å²) in [6, 6.07) is 11.8. The Morgan fingerprint density at radius 3 is 2.64 bits per heavy atom. The average Bonchev–Trinajstić information content (AvgIpc) is 3.15. The molecule has 0 aliphatic rings. The van der Waals surface area contributed by atoms with Crippen LogP contribution in [0.4, 0.5) is 5.69 Å². The first-order valence-electron chi connectivity index (χ1n) is 11.4. The molecule has 0 bridgehead atoms. The highest BCUT2D eigenvalue weighted by Crippen LogP contribution is 2.31. The van der Waals surface area contributed by atoms with Gasteiger partial charge in [0.25, 0.3) is 11.2 Å². The molecule has 0 saturated heterocycles. The van der Waals surface area contributed by atoms with E-state index in [0.29, 0.717) is 28.2 Å². The Morgan fingerprint density at radius 1 is 1.22 bits per heavy atom. The molecule has 0 radical (unpaired) electrons. The standard InChI is InChI=1S/C26H26BrN5O4/c1-6-15(2)25-29-22-9-7-19(27)12-21(22)26(33)31(25)28-14-18-11-16(3)30(17(18)4)23-13-20(32(34)35)8-10-24(23)36-5/h7-15H,6H2,1-5H3/t15-/m1/s1. The summed E-state index contributed by atoms with van der Waals surface area (Å²) >= 11 is 3.43. The molecule has 36 heavy (non-hydrogen) atoms. The molecule has 2 aromatic carbocycles. The van der Waals surface area contributed by atoms with Gasteiger partial charge in [0.1, 0.15) is 11.6 Å². The van der Waals surface area contributed by atoms with Gasteiger partial charge in [0.15, 0.2) is 0 Å². The van der Waals surface area contributed by atoms with E-state index in [9.17, 15) is 14.9 Å². The quantitative estimate of drug-likeness (QED) is 0.162. The summed E-state index contributed by atoms with van der Waals surface area (Å²) in [6.07, 6.45) is 2.42. The van der Waals surface area contributed by atoms with Crippen LogP contribution >= 0.6 is 15.9 Å². The maximum Gasteiger partial charge on any atom is 0.282 e. The third-order valence-electron chi connectivity index (χ3n) is 6.28. The zero-order chi connectivity index (χ0) is 26.1. The Bertz CT molecular complexity index is 1570. The second kappa shape index (κ2) is 10.1. The third kappa shape index (κ3) is 4.56. The van der Waals surface area contributed by atoms with Gasteiger partial charge >= 0.3 is 0 Å². The van der Waals surface area contributed by atoms with Gasteiger partial charge in [0.05, 0.1) is 34.8 Å². The maximum absolute atomic E-state index is 13.4. The lowest BCUT2D eigenvalue weighted by molar-refractivity contribution is -0.384. The summed E-state index contributed by atoms with van der Waals surface area (Å²) in [5.41, 5.74) is 3.29. The van der Waals surface area contributed by atoms with Crippen LogP contribution in [-0.2, 0) is 0 Å². The number of benzene rings is 2. The number of aryl methyl sites for hydroxylation is 1. The van der Waals surface area contributed by atoms with E-state index in [1.54, 1.807) is 18.3 Å². The monoisotopic (exact) mass is 551 g/mol. The molecule has 0 unspecified atom stereocenters. The summed E-state index contributed by atoms with van der Waals surface area (Å²) in [6.45, 7) is 7.84. The molecule has 0 N–H and O–H groups in total. The first-order chi connectivity index (χ1) is 17.2. The molecule has 186 valence electrons. The summed E-state index contributed by atoms with van der Waals surface area (Å²) < 4.78 is 9.50. The highest BCUT2D eigenvalue weighted by atomic mass is 79.9. The number of nitrogens with zero attached hydrogens (tertiary/aromatic N) is 5. The number of hydrogen-bond acceptors (Lipinski definition) is 6. The van der Waals surface area contributed by atoms with Gasteiger partial charge in [0.2, 0.25) is 0 Å². The fourth-order valence-corrected chi connectivity index (χ4v) is 4.52. The average molecular weight is 552 g/mol. The fraction of sp³-hybridized carbons (Fsp3) is 0.269. The molecule has 2 aromatic heterocycles. The van der Waals surface area contributed by atoms with Gasteiger partial charge in [-0.15, -0.1) is 0 Å². The topological polar surface area (TPSA) is 105 Å². The van der Waals surface area contributed by atoms with Crippen LogP contribution in [-0.4, -0.2) is 32.5 Å². The zero-order valence-electron chi connectivity index (χ0n) is 20.7. The predicted octanol–water partition coefficient (Wildman–Crippen LogP) is 5.88. The van der Waals surface area contributed by atoms with Gasteiger partial charge in [-0.1, -0.05) is 29.8 Å². The number of hydrogen-bond donors (Lipinski definition) is 0. The van der Waals surface area contributed by atoms with Crippen LogP contribution in [0.5, 0.6) is 5.75 Å². The first-order valence-corrected chi connectivity index (χ1v) is 12.2. The van der Waals surface area contributed by atoms with E-state index in [4.69, 9.17) is 9.72 Å². The third-order valence-corrected chi connectivity index (χ3v) is 6.78. The zero-order valence-corrected chi connectivity index (χ0v) is 22.2. The molecule has 2 heterocycles. The lowest BCUT2D eigenvalue weighted by atomic mass is 10.1. The second-order valence-electron chi connectivity index (χ2n) is 8.58. The molecule has 10 heteroatoms. The van der Waals surface area contributed by atoms with Crippen molar-refractivity contribution in [2.24, 2.45) is 5.10 Å². The number of methoxy groups -OCH3 is 1. The first kappa shape index (κ1) is 25.3. The van der Waals surface area contributed by atoms with Crippen molar-refractivity contribution in [2.45, 2.75) is 40.0 Å². The Labute approximate surface area is 216 Å². The van der Waals surface area contributed by atoms with E-state index in [1.807, 2.05) is 50.5 Å². The molecule has 1 atom stereocenters. The van der Waals surface area contributed by atoms with Gasteiger partial charge in [0, 0.05) is 39.5 Å². The Kier molecular flexibility index (Phi) is 7.07. The number of fused-ring (bicyclic) bond motifs is 1. The molecule has 0 amide bonds. The number of nitro groups is 1. The van der Waals surface area contributed by atoms with E-state index in [0.717, 1.165) is 27.8 Å². The van der Waals surface area contributed by atoms with Crippen LogP contribution in [0.25, 0.3) is 16.6 Å². The van der Waals surface area contributed by atoms with E-state index < -0.39 is 4.92 Å². The Balaban J connectivity index is 1.87. The largest absolute Gasteiger partial charge is 0.495 e. The van der Waals surface area contributed by atoms with Crippen molar-refractivity contribution >= 4 is 38.7 Å². The van der Waals surface area contributed by atoms with Crippen molar-refractivity contribution in [3.05, 3.63) is 90.2 Å². The van der Waals surface area contributed by atoms with Crippen LogP contribution in [0.15, 0.2) is 56.8 Å². The van der Waals surface area contributed by atoms with E-state index in [2.05, 4.69) is 21.0 Å². The Morgan fingerprint density at radius 2 is 1.97 bits per heavy atom. The molecular formula is C26H26BrN5O4. The summed E-state index contributed by atoms with van der Waals surface area (Å²) in [4.78, 5) is 29.1. The molecular weight excluding hydrogens is 526 g/mol. The summed E-state index contributed by atoms with van der Waals surface area (Å²) in [7, 11) is 1.52. The number of rotatable bonds is 7. The highest BCUT2D eigenvalue weighted by Gasteiger charge is 2.19. The fourth-order valence-electron chi connectivity index (χ4n) is 4.15. The van der Waals surface area contributed by atoms with Crippen molar-refractivity contribution < 1.29 is 9.66 Å². The molecule has 4 rings (SSSR count). The lowest BCUT2D eigenvalue weighted by Gasteiger charge is -2.14. The van der Waals surface area contributed by atoms with E-state index in [-0.39, 0.29) is 17.2 Å². The van der Waals surface area contributed by atoms with Gasteiger partial charge < -0.3 is 9.30 Å². The Hall–Kier alpha value is -3.79. The maximum atomic E-state index is 13.4. The number of ether oxygens (including phenoxy) is 1. The van der Waals surface area contributed by atoms with Gasteiger partial charge in [-0.05, 0) is 50.6 Å². The minimum absolute atomic E-state index is 0.0180. The summed E-state index contributed by atoms with van der Waals surface area (Å²) in [5, 5.41) is 16.4. The minimum Gasteiger partial charge on any atom is -0.495 e. The number of non-ortho nitro benzene ring substituents is 1. The van der Waals surface area contributed by atoms with Crippen LogP contribution < -0.4 is 10.3 Å². The van der Waals surface area contributed by atoms with Crippen LogP contribution in [0.1, 0.15) is 49.0 Å². The van der Waals surface area contributed by atoms with Crippen molar-refractivity contribution in [3.63, 3.8) is 0 Å². The number of nitro benzene ring substituents is 1. The van der Waals surface area contributed by atoms with Crippen molar-refractivity contribution in [1.82, 2.24) is 14.2 Å². The van der Waals surface area contributed by atoms with E-state index in [1.165, 1.54) is 23.9 Å².